The maximum Gasteiger partial charge on any atom is 0.255 e. The molecule has 1 aromatic heterocycles. The topological polar surface area (TPSA) is 157 Å². The van der Waals surface area contributed by atoms with Crippen molar-refractivity contribution in [2.24, 2.45) is 5.92 Å². The quantitative estimate of drug-likeness (QED) is 0.279. The lowest BCUT2D eigenvalue weighted by Gasteiger charge is -2.29. The molecule has 2 aromatic carbocycles. The highest BCUT2D eigenvalue weighted by atomic mass is 32.2. The van der Waals surface area contributed by atoms with Gasteiger partial charge in [0.1, 0.15) is 23.5 Å². The van der Waals surface area contributed by atoms with Crippen LogP contribution in [0.5, 0.6) is 5.75 Å². The van der Waals surface area contributed by atoms with Crippen LogP contribution >= 0.6 is 11.3 Å². The summed E-state index contributed by atoms with van der Waals surface area (Å²) in [5.74, 6) is 10.9. The van der Waals surface area contributed by atoms with E-state index in [1.165, 1.54) is 30.4 Å². The molecule has 0 bridgehead atoms. The van der Waals surface area contributed by atoms with E-state index in [0.717, 1.165) is 23.8 Å². The number of thiazole rings is 1. The second kappa shape index (κ2) is 13.6. The molecule has 0 radical (unpaired) electrons. The number of likely N-dealkylation sites (tertiary alicyclic amines) is 1. The number of aromatic hydroxyl groups is 1. The number of nitrogens with zero attached hydrogens (tertiary/aromatic N) is 2. The molecule has 0 saturated carbocycles. The monoisotopic (exact) mass is 623 g/mol. The Morgan fingerprint density at radius 3 is 2.58 bits per heavy atom. The molecule has 1 aliphatic rings. The summed E-state index contributed by atoms with van der Waals surface area (Å²) < 4.78 is 24.8. The minimum Gasteiger partial charge on any atom is -0.507 e. The lowest BCUT2D eigenvalue weighted by molar-refractivity contribution is -0.135. The predicted octanol–water partition coefficient (Wildman–Crippen LogP) is 2.24. The van der Waals surface area contributed by atoms with Crippen molar-refractivity contribution in [3.63, 3.8) is 0 Å². The van der Waals surface area contributed by atoms with Crippen molar-refractivity contribution < 1.29 is 33.3 Å². The number of nitrogens with one attached hydrogen (secondary N) is 1. The van der Waals surface area contributed by atoms with E-state index in [9.17, 15) is 28.2 Å². The number of phenolic OH excluding ortho intramolecular Hbond substituents is 1. The highest BCUT2D eigenvalue weighted by Crippen LogP contribution is 2.34. The fraction of sp³-hybridized carbons (Fsp3) is 0.387. The molecule has 0 spiro atoms. The van der Waals surface area contributed by atoms with Crippen molar-refractivity contribution in [1.29, 1.82) is 0 Å². The first-order chi connectivity index (χ1) is 20.4. The van der Waals surface area contributed by atoms with E-state index in [-0.39, 0.29) is 36.1 Å². The maximum atomic E-state index is 12.8. The van der Waals surface area contributed by atoms with Gasteiger partial charge in [0.15, 0.2) is 9.84 Å². The Bertz CT molecular complexity index is 1740. The van der Waals surface area contributed by atoms with Gasteiger partial charge < -0.3 is 25.5 Å². The number of aliphatic hydroxyl groups is 2. The van der Waals surface area contributed by atoms with Gasteiger partial charge in [-0.15, -0.1) is 11.3 Å². The Labute approximate surface area is 254 Å². The minimum absolute atomic E-state index is 0.0206. The first kappa shape index (κ1) is 32.0. The average Bonchev–Trinajstić information content (AvgIpc) is 3.41. The Hall–Kier alpha value is -3.94. The number of amides is 2. The molecule has 1 fully saturated rings. The van der Waals surface area contributed by atoms with Crippen molar-refractivity contribution in [2.75, 3.05) is 32.5 Å². The summed E-state index contributed by atoms with van der Waals surface area (Å²) in [7, 11) is -3.74. The van der Waals surface area contributed by atoms with Crippen LogP contribution in [0.1, 0.15) is 53.2 Å². The zero-order valence-corrected chi connectivity index (χ0v) is 25.5. The van der Waals surface area contributed by atoms with E-state index in [4.69, 9.17) is 5.11 Å². The third-order valence-corrected chi connectivity index (χ3v) is 10.7. The predicted molar refractivity (Wildman–Crippen MR) is 164 cm³/mol. The van der Waals surface area contributed by atoms with Crippen LogP contribution in [0, 0.1) is 29.6 Å². The Morgan fingerprint density at radius 2 is 1.91 bits per heavy atom. The van der Waals surface area contributed by atoms with Crippen LogP contribution in [-0.2, 0) is 14.6 Å². The smallest absolute Gasteiger partial charge is 0.255 e. The minimum atomic E-state index is -3.74. The van der Waals surface area contributed by atoms with Crippen LogP contribution in [0.4, 0.5) is 0 Å². The number of hydrogen-bond donors (Lipinski definition) is 4. The molecule has 12 heteroatoms. The van der Waals surface area contributed by atoms with Gasteiger partial charge in [-0.3, -0.25) is 9.59 Å². The number of carbonyl (C=O) groups excluding carboxylic acids is 2. The second-order valence-electron chi connectivity index (χ2n) is 10.7. The van der Waals surface area contributed by atoms with E-state index in [1.807, 2.05) is 6.07 Å². The summed E-state index contributed by atoms with van der Waals surface area (Å²) in [4.78, 5) is 30.3. The van der Waals surface area contributed by atoms with Crippen molar-refractivity contribution in [2.45, 2.75) is 37.0 Å². The molecular formula is C31H33N3O7S2. The van der Waals surface area contributed by atoms with Gasteiger partial charge in [-0.25, -0.2) is 13.4 Å². The number of hydrogen-bond acceptors (Lipinski definition) is 9. The number of para-hydroxylation sites is 1. The molecule has 1 aliphatic heterocycles. The molecule has 226 valence electrons. The summed E-state index contributed by atoms with van der Waals surface area (Å²) in [5, 5.41) is 32.9. The number of piperidine rings is 1. The molecule has 2 amide bonds. The Balaban J connectivity index is 1.41. The van der Waals surface area contributed by atoms with Gasteiger partial charge in [0, 0.05) is 43.8 Å². The van der Waals surface area contributed by atoms with Gasteiger partial charge in [0.25, 0.3) is 5.91 Å². The number of carbonyl (C=O) groups is 2. The summed E-state index contributed by atoms with van der Waals surface area (Å²) >= 11 is 1.23. The molecule has 1 saturated heterocycles. The van der Waals surface area contributed by atoms with E-state index < -0.39 is 33.2 Å². The largest absolute Gasteiger partial charge is 0.507 e. The molecule has 2 atom stereocenters. The van der Waals surface area contributed by atoms with Gasteiger partial charge in [-0.1, -0.05) is 24.0 Å². The maximum absolute atomic E-state index is 12.8. The molecule has 10 nitrogen and oxygen atoms in total. The third kappa shape index (κ3) is 7.92. The summed E-state index contributed by atoms with van der Waals surface area (Å²) in [6.45, 7) is 1.84. The van der Waals surface area contributed by atoms with Crippen LogP contribution in [0.25, 0.3) is 10.2 Å². The zero-order chi connectivity index (χ0) is 31.2. The summed E-state index contributed by atoms with van der Waals surface area (Å²) in [5.41, 5.74) is 1.36. The van der Waals surface area contributed by atoms with Crippen LogP contribution in [0.15, 0.2) is 42.5 Å². The Kier molecular flexibility index (Phi) is 10.1. The lowest BCUT2D eigenvalue weighted by atomic mass is 9.97. The summed E-state index contributed by atoms with van der Waals surface area (Å²) in [6.07, 6.45) is 1.11. The van der Waals surface area contributed by atoms with Crippen LogP contribution in [-0.4, -0.2) is 82.7 Å². The van der Waals surface area contributed by atoms with Crippen LogP contribution < -0.4 is 5.32 Å². The lowest BCUT2D eigenvalue weighted by Crippen LogP contribution is -2.47. The number of fused-ring (bicyclic) bond motifs is 1. The van der Waals surface area contributed by atoms with Crippen LogP contribution in [0.2, 0.25) is 0 Å². The van der Waals surface area contributed by atoms with E-state index in [1.54, 1.807) is 29.2 Å². The van der Waals surface area contributed by atoms with Crippen molar-refractivity contribution >= 4 is 43.2 Å². The van der Waals surface area contributed by atoms with E-state index >= 15 is 0 Å². The van der Waals surface area contributed by atoms with E-state index in [0.29, 0.717) is 29.2 Å². The highest BCUT2D eigenvalue weighted by molar-refractivity contribution is 7.92. The third-order valence-electron chi connectivity index (χ3n) is 7.51. The zero-order valence-electron chi connectivity index (χ0n) is 23.8. The molecule has 4 N–H and O–H groups in total. The van der Waals surface area contributed by atoms with Crippen molar-refractivity contribution in [3.05, 3.63) is 58.6 Å². The number of benzene rings is 2. The number of sulfone groups is 1. The molecule has 3 aromatic rings. The number of rotatable bonds is 8. The molecule has 43 heavy (non-hydrogen) atoms. The van der Waals surface area contributed by atoms with Gasteiger partial charge >= 0.3 is 0 Å². The van der Waals surface area contributed by atoms with Gasteiger partial charge in [0.05, 0.1) is 20.5 Å². The molecule has 2 heterocycles. The number of aromatic nitrogens is 1. The van der Waals surface area contributed by atoms with Crippen molar-refractivity contribution in [1.82, 2.24) is 15.2 Å². The van der Waals surface area contributed by atoms with Gasteiger partial charge in [0.2, 0.25) is 5.91 Å². The highest BCUT2D eigenvalue weighted by Gasteiger charge is 2.39. The normalized spacial score (nSPS) is 15.9. The van der Waals surface area contributed by atoms with Crippen LogP contribution in [0.3, 0.4) is 0 Å². The van der Waals surface area contributed by atoms with E-state index in [2.05, 4.69) is 34.0 Å². The molecule has 0 unspecified atom stereocenters. The van der Waals surface area contributed by atoms with Gasteiger partial charge in [-0.2, -0.15) is 0 Å². The summed E-state index contributed by atoms with van der Waals surface area (Å²) in [6, 6.07) is 11.4. The molecule has 0 aliphatic carbocycles. The fourth-order valence-electron chi connectivity index (χ4n) is 4.66. The first-order valence-electron chi connectivity index (χ1n) is 13.6. The second-order valence-corrected chi connectivity index (χ2v) is 14.3. The number of aliphatic hydroxyl groups excluding tert-OH is 2. The first-order valence-corrected chi connectivity index (χ1v) is 16.4. The number of phenols is 1. The molecular weight excluding hydrogens is 590 g/mol. The SMILES string of the molecule is C[C@](CNC(=O)c1ccccc1O)(C[C@@H](O)c1nc2ccc(C#CC#CC3CCN(C(=O)CO)CC3)cc2s1)S(C)(=O)=O. The average molecular weight is 624 g/mol. The Morgan fingerprint density at radius 1 is 1.19 bits per heavy atom. The van der Waals surface area contributed by atoms with Crippen molar-refractivity contribution in [3.8, 4) is 29.4 Å². The van der Waals surface area contributed by atoms with Gasteiger partial charge in [-0.05, 0) is 61.9 Å². The fourth-order valence-corrected chi connectivity index (χ4v) is 6.44. The molecule has 4 rings (SSSR count). The standard InChI is InChI=1S/C31H33N3O7S2/c1-31(43(2,40)41,20-32-29(39)23-9-5-6-10-25(23)36)18-26(37)30-33-24-12-11-22(17-27(24)42-30)8-4-3-7-21-13-15-34(16-14-21)28(38)19-35/h5-6,9-12,17,21,26,35-37H,13-16,18-20H2,1-2H3,(H,32,39)/t26-,31-/m1/s1.